The second-order valence-corrected chi connectivity index (χ2v) is 9.39. The SMILES string of the molecule is COc1ccc(OC)c(N(CC(=O)N/N=C\c2cccc3c2OCCO3)S(=O)(=O)c2ccccc2)c1. The summed E-state index contributed by atoms with van der Waals surface area (Å²) in [6.07, 6.45) is 1.41. The van der Waals surface area contributed by atoms with Crippen molar-refractivity contribution in [3.05, 3.63) is 72.3 Å². The van der Waals surface area contributed by atoms with Gasteiger partial charge in [-0.2, -0.15) is 5.10 Å². The van der Waals surface area contributed by atoms with E-state index in [4.69, 9.17) is 18.9 Å². The number of para-hydroxylation sites is 1. The fraction of sp³-hybridized carbons (Fsp3) is 0.200. The lowest BCUT2D eigenvalue weighted by Gasteiger charge is -2.25. The fourth-order valence-electron chi connectivity index (χ4n) is 3.55. The van der Waals surface area contributed by atoms with Crippen molar-refractivity contribution in [3.63, 3.8) is 0 Å². The van der Waals surface area contributed by atoms with Crippen LogP contribution in [-0.4, -0.2) is 54.5 Å². The summed E-state index contributed by atoms with van der Waals surface area (Å²) in [5.41, 5.74) is 3.13. The van der Waals surface area contributed by atoms with Gasteiger partial charge in [-0.05, 0) is 36.4 Å². The summed E-state index contributed by atoms with van der Waals surface area (Å²) in [6, 6.07) is 17.8. The van der Waals surface area contributed by atoms with E-state index in [9.17, 15) is 13.2 Å². The molecule has 1 N–H and O–H groups in total. The van der Waals surface area contributed by atoms with Gasteiger partial charge >= 0.3 is 0 Å². The molecule has 3 aromatic carbocycles. The van der Waals surface area contributed by atoms with Gasteiger partial charge in [0.2, 0.25) is 0 Å². The van der Waals surface area contributed by atoms with Crippen molar-refractivity contribution in [2.24, 2.45) is 5.10 Å². The van der Waals surface area contributed by atoms with Crippen LogP contribution in [0.2, 0.25) is 0 Å². The zero-order valence-corrected chi connectivity index (χ0v) is 20.5. The van der Waals surface area contributed by atoms with Gasteiger partial charge in [0.15, 0.2) is 11.5 Å². The average Bonchev–Trinajstić information content (AvgIpc) is 2.92. The number of anilines is 1. The predicted molar refractivity (Wildman–Crippen MR) is 134 cm³/mol. The van der Waals surface area contributed by atoms with Gasteiger partial charge in [0, 0.05) is 11.6 Å². The molecule has 0 bridgehead atoms. The number of hydrogen-bond acceptors (Lipinski definition) is 8. The smallest absolute Gasteiger partial charge is 0.264 e. The summed E-state index contributed by atoms with van der Waals surface area (Å²) in [5, 5.41) is 3.99. The number of fused-ring (bicyclic) bond motifs is 1. The topological polar surface area (TPSA) is 116 Å². The molecule has 0 saturated heterocycles. The van der Waals surface area contributed by atoms with E-state index in [0.717, 1.165) is 4.31 Å². The number of nitrogens with zero attached hydrogens (tertiary/aromatic N) is 2. The van der Waals surface area contributed by atoms with Crippen LogP contribution in [0.25, 0.3) is 0 Å². The van der Waals surface area contributed by atoms with E-state index in [2.05, 4.69) is 10.5 Å². The number of amides is 1. The van der Waals surface area contributed by atoms with Gasteiger partial charge in [0.05, 0.1) is 31.0 Å². The Labute approximate surface area is 209 Å². The molecule has 1 aliphatic rings. The molecule has 1 heterocycles. The van der Waals surface area contributed by atoms with Crippen molar-refractivity contribution in [1.82, 2.24) is 5.43 Å². The van der Waals surface area contributed by atoms with Gasteiger partial charge in [-0.3, -0.25) is 9.10 Å². The van der Waals surface area contributed by atoms with Crippen LogP contribution in [0.5, 0.6) is 23.0 Å². The lowest BCUT2D eigenvalue weighted by atomic mass is 10.2. The molecule has 0 atom stereocenters. The Bertz CT molecular complexity index is 1360. The van der Waals surface area contributed by atoms with Crippen LogP contribution < -0.4 is 28.7 Å². The number of hydrogen-bond donors (Lipinski definition) is 1. The highest BCUT2D eigenvalue weighted by atomic mass is 32.2. The quantitative estimate of drug-likeness (QED) is 0.347. The van der Waals surface area contributed by atoms with Crippen LogP contribution in [0, 0.1) is 0 Å². The summed E-state index contributed by atoms with van der Waals surface area (Å²) in [5.74, 6) is 1.09. The number of nitrogens with one attached hydrogen (secondary N) is 1. The van der Waals surface area contributed by atoms with Crippen molar-refractivity contribution in [1.29, 1.82) is 0 Å². The second-order valence-electron chi connectivity index (χ2n) is 7.53. The first-order valence-corrected chi connectivity index (χ1v) is 12.4. The highest BCUT2D eigenvalue weighted by Gasteiger charge is 2.30. The molecular weight excluding hydrogens is 486 g/mol. The number of rotatable bonds is 9. The molecule has 0 fully saturated rings. The number of benzene rings is 3. The Morgan fingerprint density at radius 2 is 1.81 bits per heavy atom. The first-order chi connectivity index (χ1) is 17.4. The Hall–Kier alpha value is -4.25. The first-order valence-electron chi connectivity index (χ1n) is 10.9. The molecule has 0 radical (unpaired) electrons. The summed E-state index contributed by atoms with van der Waals surface area (Å²) >= 11 is 0. The Kier molecular flexibility index (Phi) is 7.59. The minimum atomic E-state index is -4.15. The van der Waals surface area contributed by atoms with E-state index < -0.39 is 22.5 Å². The highest BCUT2D eigenvalue weighted by Crippen LogP contribution is 2.36. The van der Waals surface area contributed by atoms with Crippen LogP contribution >= 0.6 is 0 Å². The van der Waals surface area contributed by atoms with Crippen molar-refractivity contribution in [2.45, 2.75) is 4.90 Å². The van der Waals surface area contributed by atoms with E-state index in [-0.39, 0.29) is 16.3 Å². The van der Waals surface area contributed by atoms with Crippen LogP contribution in [-0.2, 0) is 14.8 Å². The monoisotopic (exact) mass is 511 g/mol. The van der Waals surface area contributed by atoms with Gasteiger partial charge in [-0.25, -0.2) is 13.8 Å². The van der Waals surface area contributed by atoms with Gasteiger partial charge < -0.3 is 18.9 Å². The van der Waals surface area contributed by atoms with Crippen LogP contribution in [0.4, 0.5) is 5.69 Å². The van der Waals surface area contributed by atoms with Gasteiger partial charge in [0.25, 0.3) is 15.9 Å². The maximum atomic E-state index is 13.6. The summed E-state index contributed by atoms with van der Waals surface area (Å²) in [7, 11) is -1.28. The molecule has 0 saturated carbocycles. The number of methoxy groups -OCH3 is 2. The molecule has 36 heavy (non-hydrogen) atoms. The molecule has 11 heteroatoms. The Balaban J connectivity index is 1.62. The van der Waals surface area contributed by atoms with E-state index in [1.54, 1.807) is 48.5 Å². The molecular formula is C25H25N3O7S. The second kappa shape index (κ2) is 11.0. The number of ether oxygens (including phenoxy) is 4. The van der Waals surface area contributed by atoms with E-state index >= 15 is 0 Å². The fourth-order valence-corrected chi connectivity index (χ4v) is 4.99. The molecule has 3 aromatic rings. The highest BCUT2D eigenvalue weighted by molar-refractivity contribution is 7.92. The molecule has 0 unspecified atom stereocenters. The minimum Gasteiger partial charge on any atom is -0.497 e. The van der Waals surface area contributed by atoms with Crippen LogP contribution in [0.1, 0.15) is 5.56 Å². The average molecular weight is 512 g/mol. The molecule has 0 aromatic heterocycles. The molecule has 10 nitrogen and oxygen atoms in total. The third-order valence-corrected chi connectivity index (χ3v) is 7.04. The van der Waals surface area contributed by atoms with Crippen molar-refractivity contribution < 1.29 is 32.2 Å². The van der Waals surface area contributed by atoms with Crippen LogP contribution in [0.3, 0.4) is 0 Å². The third kappa shape index (κ3) is 5.36. The standard InChI is InChI=1S/C25H25N3O7S/c1-32-19-11-12-22(33-2)21(15-19)28(36(30,31)20-8-4-3-5-9-20)17-24(29)27-26-16-18-7-6-10-23-25(18)35-14-13-34-23/h3-12,15-16H,13-14,17H2,1-2H3,(H,27,29)/b26-16-. The predicted octanol–water partition coefficient (Wildman–Crippen LogP) is 2.82. The van der Waals surface area contributed by atoms with E-state index in [1.807, 2.05) is 0 Å². The van der Waals surface area contributed by atoms with Gasteiger partial charge in [-0.15, -0.1) is 0 Å². The Morgan fingerprint density at radius 3 is 2.56 bits per heavy atom. The molecule has 1 aliphatic heterocycles. The molecule has 4 rings (SSSR count). The van der Waals surface area contributed by atoms with Crippen LogP contribution in [0.15, 0.2) is 76.7 Å². The largest absolute Gasteiger partial charge is 0.497 e. The molecule has 1 amide bonds. The summed E-state index contributed by atoms with van der Waals surface area (Å²) in [6.45, 7) is 0.285. The number of hydrazone groups is 1. The Morgan fingerprint density at radius 1 is 1.03 bits per heavy atom. The molecule has 188 valence electrons. The van der Waals surface area contributed by atoms with Crippen molar-refractivity contribution >= 4 is 27.8 Å². The number of sulfonamides is 1. The zero-order valence-electron chi connectivity index (χ0n) is 19.7. The summed E-state index contributed by atoms with van der Waals surface area (Å²) in [4.78, 5) is 12.9. The maximum Gasteiger partial charge on any atom is 0.264 e. The zero-order chi connectivity index (χ0) is 25.5. The lowest BCUT2D eigenvalue weighted by molar-refractivity contribution is -0.119. The van der Waals surface area contributed by atoms with Gasteiger partial charge in [-0.1, -0.05) is 24.3 Å². The molecule has 0 spiro atoms. The minimum absolute atomic E-state index is 0.0132. The van der Waals surface area contributed by atoms with E-state index in [0.29, 0.717) is 36.0 Å². The third-order valence-electron chi connectivity index (χ3n) is 5.26. The molecule has 0 aliphatic carbocycles. The van der Waals surface area contributed by atoms with Crippen molar-refractivity contribution in [2.75, 3.05) is 38.3 Å². The first kappa shape index (κ1) is 24.9. The lowest BCUT2D eigenvalue weighted by Crippen LogP contribution is -2.39. The number of carbonyl (C=O) groups is 1. The maximum absolute atomic E-state index is 13.6. The van der Waals surface area contributed by atoms with E-state index in [1.165, 1.54) is 38.6 Å². The normalized spacial score (nSPS) is 12.7. The summed E-state index contributed by atoms with van der Waals surface area (Å²) < 4.78 is 49.9. The van der Waals surface area contributed by atoms with Gasteiger partial charge in [0.1, 0.15) is 31.3 Å². The van der Waals surface area contributed by atoms with Crippen molar-refractivity contribution in [3.8, 4) is 23.0 Å². The number of carbonyl (C=O) groups excluding carboxylic acids is 1.